The molecule has 0 aromatic rings. The molecule has 74 valence electrons. The molecule has 0 radical (unpaired) electrons. The summed E-state index contributed by atoms with van der Waals surface area (Å²) in [6.07, 6.45) is 5.69. The van der Waals surface area contributed by atoms with E-state index in [4.69, 9.17) is 5.73 Å². The molecule has 1 amide bonds. The Balaban J connectivity index is 1.70. The highest BCUT2D eigenvalue weighted by Gasteiger charge is 2.32. The molecule has 2 rings (SSSR count). The number of nitrogens with two attached hydrogens (primary N) is 1. The van der Waals surface area contributed by atoms with Crippen LogP contribution >= 0.6 is 0 Å². The minimum absolute atomic E-state index is 0.213. The van der Waals surface area contributed by atoms with E-state index in [2.05, 4.69) is 5.32 Å². The lowest BCUT2D eigenvalue weighted by atomic mass is 10.1. The second-order valence-electron chi connectivity index (χ2n) is 4.39. The second kappa shape index (κ2) is 3.66. The minimum atomic E-state index is 0.213. The van der Waals surface area contributed by atoms with Crippen molar-refractivity contribution in [2.45, 2.75) is 38.1 Å². The highest BCUT2D eigenvalue weighted by atomic mass is 16.1. The minimum Gasteiger partial charge on any atom is -0.352 e. The molecule has 0 aliphatic heterocycles. The smallest absolute Gasteiger partial charge is 0.220 e. The van der Waals surface area contributed by atoms with Crippen LogP contribution in [0.4, 0.5) is 0 Å². The number of hydrogen-bond donors (Lipinski definition) is 2. The topological polar surface area (TPSA) is 55.1 Å². The standard InChI is InChI=1S/C10H18N2O/c11-6-9(8-3-4-8)12-10(13)5-7-1-2-7/h7-9H,1-6,11H2,(H,12,13). The summed E-state index contributed by atoms with van der Waals surface area (Å²) in [5, 5.41) is 3.04. The van der Waals surface area contributed by atoms with Crippen molar-refractivity contribution in [3.63, 3.8) is 0 Å². The second-order valence-corrected chi connectivity index (χ2v) is 4.39. The number of carbonyl (C=O) groups is 1. The Morgan fingerprint density at radius 3 is 2.54 bits per heavy atom. The molecule has 0 saturated heterocycles. The summed E-state index contributed by atoms with van der Waals surface area (Å²) in [5.41, 5.74) is 5.59. The van der Waals surface area contributed by atoms with Crippen molar-refractivity contribution in [1.29, 1.82) is 0 Å². The largest absolute Gasteiger partial charge is 0.352 e. The van der Waals surface area contributed by atoms with Crippen molar-refractivity contribution in [3.05, 3.63) is 0 Å². The molecule has 1 unspecified atom stereocenters. The van der Waals surface area contributed by atoms with Crippen LogP contribution in [0.3, 0.4) is 0 Å². The van der Waals surface area contributed by atoms with E-state index in [9.17, 15) is 4.79 Å². The van der Waals surface area contributed by atoms with E-state index < -0.39 is 0 Å². The summed E-state index contributed by atoms with van der Waals surface area (Å²) in [7, 11) is 0. The zero-order valence-electron chi connectivity index (χ0n) is 7.96. The first-order chi connectivity index (χ1) is 6.29. The molecule has 0 heterocycles. The first kappa shape index (κ1) is 9.00. The Kier molecular flexibility index (Phi) is 2.54. The van der Waals surface area contributed by atoms with Crippen LogP contribution < -0.4 is 11.1 Å². The van der Waals surface area contributed by atoms with Crippen molar-refractivity contribution in [2.75, 3.05) is 6.54 Å². The number of hydrogen-bond acceptors (Lipinski definition) is 2. The van der Waals surface area contributed by atoms with Crippen LogP contribution in [0.5, 0.6) is 0 Å². The average molecular weight is 182 g/mol. The van der Waals surface area contributed by atoms with Crippen molar-refractivity contribution in [2.24, 2.45) is 17.6 Å². The van der Waals surface area contributed by atoms with Crippen LogP contribution in [0.2, 0.25) is 0 Å². The van der Waals surface area contributed by atoms with Gasteiger partial charge in [-0.1, -0.05) is 0 Å². The van der Waals surface area contributed by atoms with E-state index in [1.807, 2.05) is 0 Å². The van der Waals surface area contributed by atoms with Crippen LogP contribution in [0.1, 0.15) is 32.1 Å². The van der Waals surface area contributed by atoms with E-state index in [-0.39, 0.29) is 11.9 Å². The fourth-order valence-corrected chi connectivity index (χ4v) is 1.72. The number of carbonyl (C=O) groups excluding carboxylic acids is 1. The summed E-state index contributed by atoms with van der Waals surface area (Å²) in [6, 6.07) is 0.256. The molecule has 2 fully saturated rings. The van der Waals surface area contributed by atoms with Gasteiger partial charge in [-0.3, -0.25) is 4.79 Å². The zero-order valence-corrected chi connectivity index (χ0v) is 7.96. The molecule has 1 atom stereocenters. The highest BCUT2D eigenvalue weighted by Crippen LogP contribution is 2.34. The molecule has 0 aromatic carbocycles. The van der Waals surface area contributed by atoms with E-state index in [0.717, 1.165) is 6.42 Å². The molecule has 2 aliphatic rings. The highest BCUT2D eigenvalue weighted by molar-refractivity contribution is 5.76. The number of rotatable bonds is 5. The summed E-state index contributed by atoms with van der Waals surface area (Å²) in [4.78, 5) is 11.4. The predicted octanol–water partition coefficient (Wildman–Crippen LogP) is 0.640. The van der Waals surface area contributed by atoms with Gasteiger partial charge >= 0.3 is 0 Å². The van der Waals surface area contributed by atoms with Gasteiger partial charge in [0.25, 0.3) is 0 Å². The van der Waals surface area contributed by atoms with Crippen molar-refractivity contribution >= 4 is 5.91 Å². The quantitative estimate of drug-likeness (QED) is 0.655. The number of nitrogens with one attached hydrogen (secondary N) is 1. The van der Waals surface area contributed by atoms with Gasteiger partial charge in [0.2, 0.25) is 5.91 Å². The Morgan fingerprint density at radius 1 is 1.38 bits per heavy atom. The summed E-state index contributed by atoms with van der Waals surface area (Å²) >= 11 is 0. The first-order valence-corrected chi connectivity index (χ1v) is 5.29. The molecule has 2 saturated carbocycles. The van der Waals surface area contributed by atoms with Gasteiger partial charge in [-0.25, -0.2) is 0 Å². The van der Waals surface area contributed by atoms with E-state index >= 15 is 0 Å². The van der Waals surface area contributed by atoms with E-state index in [0.29, 0.717) is 18.4 Å². The third-order valence-corrected chi connectivity index (χ3v) is 2.96. The van der Waals surface area contributed by atoms with E-state index in [1.54, 1.807) is 0 Å². The Labute approximate surface area is 79.1 Å². The van der Waals surface area contributed by atoms with Crippen LogP contribution in [-0.4, -0.2) is 18.5 Å². The fraction of sp³-hybridized carbons (Fsp3) is 0.900. The van der Waals surface area contributed by atoms with Gasteiger partial charge in [0.15, 0.2) is 0 Å². The van der Waals surface area contributed by atoms with Crippen molar-refractivity contribution in [1.82, 2.24) is 5.32 Å². The van der Waals surface area contributed by atoms with Crippen molar-refractivity contribution in [3.8, 4) is 0 Å². The van der Waals surface area contributed by atoms with Gasteiger partial charge in [-0.2, -0.15) is 0 Å². The predicted molar refractivity (Wildman–Crippen MR) is 51.1 cm³/mol. The molecular weight excluding hydrogens is 164 g/mol. The maximum absolute atomic E-state index is 11.4. The van der Waals surface area contributed by atoms with Crippen LogP contribution in [0.25, 0.3) is 0 Å². The van der Waals surface area contributed by atoms with Crippen LogP contribution in [0, 0.1) is 11.8 Å². The van der Waals surface area contributed by atoms with Crippen molar-refractivity contribution < 1.29 is 4.79 Å². The molecular formula is C10H18N2O. The molecule has 3 N–H and O–H groups in total. The third kappa shape index (κ3) is 2.69. The molecule has 13 heavy (non-hydrogen) atoms. The molecule has 3 nitrogen and oxygen atoms in total. The Bertz CT molecular complexity index is 197. The van der Waals surface area contributed by atoms with Gasteiger partial charge < -0.3 is 11.1 Å². The maximum Gasteiger partial charge on any atom is 0.220 e. The lowest BCUT2D eigenvalue weighted by molar-refractivity contribution is -0.122. The van der Waals surface area contributed by atoms with Gasteiger partial charge in [-0.05, 0) is 37.5 Å². The maximum atomic E-state index is 11.4. The average Bonchev–Trinajstić information content (AvgIpc) is 2.91. The Morgan fingerprint density at radius 2 is 2.08 bits per heavy atom. The molecule has 0 aromatic heterocycles. The van der Waals surface area contributed by atoms with Gasteiger partial charge in [0.05, 0.1) is 0 Å². The van der Waals surface area contributed by atoms with Gasteiger partial charge in [0, 0.05) is 19.0 Å². The van der Waals surface area contributed by atoms with E-state index in [1.165, 1.54) is 25.7 Å². The molecule has 3 heteroatoms. The van der Waals surface area contributed by atoms with Crippen LogP contribution in [0.15, 0.2) is 0 Å². The first-order valence-electron chi connectivity index (χ1n) is 5.29. The third-order valence-electron chi connectivity index (χ3n) is 2.96. The fourth-order valence-electron chi connectivity index (χ4n) is 1.72. The normalized spacial score (nSPS) is 24.1. The zero-order chi connectivity index (χ0) is 9.26. The summed E-state index contributed by atoms with van der Waals surface area (Å²) in [6.45, 7) is 0.598. The number of amides is 1. The monoisotopic (exact) mass is 182 g/mol. The van der Waals surface area contributed by atoms with Gasteiger partial charge in [-0.15, -0.1) is 0 Å². The summed E-state index contributed by atoms with van der Waals surface area (Å²) in [5.74, 6) is 1.57. The molecule has 2 aliphatic carbocycles. The molecule has 0 spiro atoms. The Hall–Kier alpha value is -0.570. The molecule has 0 bridgehead atoms. The lowest BCUT2D eigenvalue weighted by Crippen LogP contribution is -2.41. The van der Waals surface area contributed by atoms with Crippen LogP contribution in [-0.2, 0) is 4.79 Å². The SMILES string of the molecule is NCC(NC(=O)CC1CC1)C1CC1. The summed E-state index contributed by atoms with van der Waals surface area (Å²) < 4.78 is 0. The van der Waals surface area contributed by atoms with Gasteiger partial charge in [0.1, 0.15) is 0 Å². The lowest BCUT2D eigenvalue weighted by Gasteiger charge is -2.15.